The first kappa shape index (κ1) is 19.9. The van der Waals surface area contributed by atoms with Crippen molar-refractivity contribution in [2.45, 2.75) is 32.6 Å². The SMILES string of the molecule is CC(=O)N1CCN(C(=O)C2CCC(C(=O)Nc3ccc(C#N)cc3)CC2)CC1. The topological polar surface area (TPSA) is 93.5 Å². The summed E-state index contributed by atoms with van der Waals surface area (Å²) in [7, 11) is 0. The molecule has 3 amide bonds. The molecule has 0 unspecified atom stereocenters. The molecule has 0 spiro atoms. The first-order valence-corrected chi connectivity index (χ1v) is 9.83. The van der Waals surface area contributed by atoms with Crippen LogP contribution in [-0.4, -0.2) is 53.7 Å². The Labute approximate surface area is 165 Å². The van der Waals surface area contributed by atoms with Gasteiger partial charge in [-0.1, -0.05) is 0 Å². The monoisotopic (exact) mass is 382 g/mol. The van der Waals surface area contributed by atoms with Crippen LogP contribution in [0.1, 0.15) is 38.2 Å². The summed E-state index contributed by atoms with van der Waals surface area (Å²) in [5, 5.41) is 11.7. The second kappa shape index (κ2) is 8.87. The molecule has 3 rings (SSSR count). The van der Waals surface area contributed by atoms with Gasteiger partial charge in [-0.15, -0.1) is 0 Å². The Hall–Kier alpha value is -2.88. The van der Waals surface area contributed by atoms with Crippen LogP contribution in [0.25, 0.3) is 0 Å². The van der Waals surface area contributed by atoms with Gasteiger partial charge in [0.25, 0.3) is 0 Å². The lowest BCUT2D eigenvalue weighted by Gasteiger charge is -2.37. The highest BCUT2D eigenvalue weighted by Crippen LogP contribution is 2.31. The molecule has 7 heteroatoms. The quantitative estimate of drug-likeness (QED) is 0.865. The minimum Gasteiger partial charge on any atom is -0.339 e. The number of benzene rings is 1. The van der Waals surface area contributed by atoms with Gasteiger partial charge in [0.05, 0.1) is 11.6 Å². The van der Waals surface area contributed by atoms with E-state index in [9.17, 15) is 14.4 Å². The van der Waals surface area contributed by atoms with E-state index in [0.29, 0.717) is 50.3 Å². The van der Waals surface area contributed by atoms with Crippen LogP contribution < -0.4 is 5.32 Å². The molecule has 148 valence electrons. The molecule has 0 radical (unpaired) electrons. The summed E-state index contributed by atoms with van der Waals surface area (Å²) in [6.45, 7) is 3.95. The van der Waals surface area contributed by atoms with Gasteiger partial charge in [0, 0.05) is 50.6 Å². The number of carbonyl (C=O) groups is 3. The highest BCUT2D eigenvalue weighted by molar-refractivity contribution is 5.92. The van der Waals surface area contributed by atoms with E-state index in [0.717, 1.165) is 12.8 Å². The van der Waals surface area contributed by atoms with Gasteiger partial charge >= 0.3 is 0 Å². The summed E-state index contributed by atoms with van der Waals surface area (Å²) >= 11 is 0. The molecular weight excluding hydrogens is 356 g/mol. The molecule has 2 aliphatic rings. The smallest absolute Gasteiger partial charge is 0.227 e. The lowest BCUT2D eigenvalue weighted by Crippen LogP contribution is -2.51. The van der Waals surface area contributed by atoms with Crippen LogP contribution in [0.4, 0.5) is 5.69 Å². The molecule has 1 aromatic carbocycles. The second-order valence-corrected chi connectivity index (χ2v) is 7.56. The number of nitriles is 1. The number of carbonyl (C=O) groups excluding carboxylic acids is 3. The van der Waals surface area contributed by atoms with Crippen molar-refractivity contribution in [2.24, 2.45) is 11.8 Å². The van der Waals surface area contributed by atoms with Crippen LogP contribution in [0, 0.1) is 23.2 Å². The molecule has 1 saturated heterocycles. The maximum atomic E-state index is 12.8. The summed E-state index contributed by atoms with van der Waals surface area (Å²) in [5.41, 5.74) is 1.24. The van der Waals surface area contributed by atoms with Crippen LogP contribution >= 0.6 is 0 Å². The van der Waals surface area contributed by atoms with Gasteiger partial charge in [-0.05, 0) is 49.9 Å². The maximum absolute atomic E-state index is 12.8. The Morgan fingerprint density at radius 3 is 2.00 bits per heavy atom. The van der Waals surface area contributed by atoms with Crippen LogP contribution in [-0.2, 0) is 14.4 Å². The molecule has 1 heterocycles. The average Bonchev–Trinajstić information content (AvgIpc) is 2.74. The third-order valence-corrected chi connectivity index (χ3v) is 5.77. The highest BCUT2D eigenvalue weighted by Gasteiger charge is 2.33. The van der Waals surface area contributed by atoms with Gasteiger partial charge in [-0.2, -0.15) is 5.26 Å². The predicted molar refractivity (Wildman–Crippen MR) is 104 cm³/mol. The Kier molecular flexibility index (Phi) is 6.30. The molecule has 28 heavy (non-hydrogen) atoms. The molecule has 0 aromatic heterocycles. The lowest BCUT2D eigenvalue weighted by molar-refractivity contribution is -0.142. The molecule has 1 N–H and O–H groups in total. The third-order valence-electron chi connectivity index (χ3n) is 5.77. The highest BCUT2D eigenvalue weighted by atomic mass is 16.2. The predicted octanol–water partition coefficient (Wildman–Crippen LogP) is 1.99. The van der Waals surface area contributed by atoms with E-state index in [-0.39, 0.29) is 29.6 Å². The molecule has 7 nitrogen and oxygen atoms in total. The van der Waals surface area contributed by atoms with E-state index in [4.69, 9.17) is 5.26 Å². The van der Waals surface area contributed by atoms with Crippen LogP contribution in [0.5, 0.6) is 0 Å². The Morgan fingerprint density at radius 1 is 0.929 bits per heavy atom. The zero-order valence-corrected chi connectivity index (χ0v) is 16.2. The average molecular weight is 382 g/mol. The Morgan fingerprint density at radius 2 is 1.46 bits per heavy atom. The second-order valence-electron chi connectivity index (χ2n) is 7.56. The zero-order chi connectivity index (χ0) is 20.1. The normalized spacial score (nSPS) is 22.3. The first-order valence-electron chi connectivity index (χ1n) is 9.83. The van der Waals surface area contributed by atoms with Gasteiger partial charge in [0.15, 0.2) is 0 Å². The molecule has 0 bridgehead atoms. The molecule has 1 saturated carbocycles. The van der Waals surface area contributed by atoms with Gasteiger partial charge in [0.1, 0.15) is 0 Å². The molecule has 1 aromatic rings. The molecular formula is C21H26N4O3. The van der Waals surface area contributed by atoms with Gasteiger partial charge in [-0.3, -0.25) is 14.4 Å². The number of nitrogens with one attached hydrogen (secondary N) is 1. The zero-order valence-electron chi connectivity index (χ0n) is 16.2. The minimum absolute atomic E-state index is 0.0225. The number of hydrogen-bond acceptors (Lipinski definition) is 4. The summed E-state index contributed by atoms with van der Waals surface area (Å²) < 4.78 is 0. The largest absolute Gasteiger partial charge is 0.339 e. The molecule has 1 aliphatic carbocycles. The summed E-state index contributed by atoms with van der Waals surface area (Å²) in [5.74, 6) is 0.0813. The summed E-state index contributed by atoms with van der Waals surface area (Å²) in [6.07, 6.45) is 2.84. The van der Waals surface area contributed by atoms with Crippen molar-refractivity contribution in [3.05, 3.63) is 29.8 Å². The summed E-state index contributed by atoms with van der Waals surface area (Å²) in [4.78, 5) is 40.3. The maximum Gasteiger partial charge on any atom is 0.227 e. The van der Waals surface area contributed by atoms with Crippen molar-refractivity contribution in [3.63, 3.8) is 0 Å². The fourth-order valence-corrected chi connectivity index (χ4v) is 3.97. The van der Waals surface area contributed by atoms with Gasteiger partial charge in [0.2, 0.25) is 17.7 Å². The van der Waals surface area contributed by atoms with Crippen molar-refractivity contribution in [1.82, 2.24) is 9.80 Å². The fraction of sp³-hybridized carbons (Fsp3) is 0.524. The fourth-order valence-electron chi connectivity index (χ4n) is 3.97. The van der Waals surface area contributed by atoms with Gasteiger partial charge in [-0.25, -0.2) is 0 Å². The Balaban J connectivity index is 1.46. The number of amides is 3. The van der Waals surface area contributed by atoms with Crippen LogP contribution in [0.2, 0.25) is 0 Å². The van der Waals surface area contributed by atoms with E-state index in [1.54, 1.807) is 36.1 Å². The first-order chi connectivity index (χ1) is 13.5. The van der Waals surface area contributed by atoms with E-state index < -0.39 is 0 Å². The summed E-state index contributed by atoms with van der Waals surface area (Å²) in [6, 6.07) is 8.87. The van der Waals surface area contributed by atoms with Crippen LogP contribution in [0.3, 0.4) is 0 Å². The number of piperazine rings is 1. The number of hydrogen-bond donors (Lipinski definition) is 1. The van der Waals surface area contributed by atoms with E-state index >= 15 is 0 Å². The van der Waals surface area contributed by atoms with Crippen molar-refractivity contribution in [3.8, 4) is 6.07 Å². The third kappa shape index (κ3) is 4.69. The van der Waals surface area contributed by atoms with Crippen molar-refractivity contribution in [2.75, 3.05) is 31.5 Å². The lowest BCUT2D eigenvalue weighted by atomic mass is 9.80. The van der Waals surface area contributed by atoms with Gasteiger partial charge < -0.3 is 15.1 Å². The minimum atomic E-state index is -0.0887. The molecule has 1 aliphatic heterocycles. The molecule has 2 fully saturated rings. The standard InChI is InChI=1S/C21H26N4O3/c1-15(26)24-10-12-25(13-11-24)21(28)18-6-4-17(5-7-18)20(27)23-19-8-2-16(14-22)3-9-19/h2-3,8-9,17-18H,4-7,10-13H2,1H3,(H,23,27). The van der Waals surface area contributed by atoms with Crippen molar-refractivity contribution in [1.29, 1.82) is 5.26 Å². The number of anilines is 1. The number of rotatable bonds is 3. The van der Waals surface area contributed by atoms with Crippen LogP contribution in [0.15, 0.2) is 24.3 Å². The van der Waals surface area contributed by atoms with E-state index in [1.165, 1.54) is 0 Å². The van der Waals surface area contributed by atoms with Crippen molar-refractivity contribution >= 4 is 23.4 Å². The van der Waals surface area contributed by atoms with Crippen molar-refractivity contribution < 1.29 is 14.4 Å². The molecule has 0 atom stereocenters. The Bertz CT molecular complexity index is 768. The van der Waals surface area contributed by atoms with E-state index in [2.05, 4.69) is 11.4 Å². The van der Waals surface area contributed by atoms with E-state index in [1.807, 2.05) is 4.90 Å². The number of nitrogens with zero attached hydrogens (tertiary/aromatic N) is 3.